The summed E-state index contributed by atoms with van der Waals surface area (Å²) < 4.78 is 39.4. The Balaban J connectivity index is 1.62. The normalized spacial score (nSPS) is 11.1. The molecule has 0 spiro atoms. The Hall–Kier alpha value is -3.66. The molecule has 4 aromatic carbocycles. The standard InChI is InChI=1S/C29H27ClN2O5S2/c1-36-23-16-17-27(37-2)26(18-23)32(39(34,35)24-8-4-3-5-9-24)19-29(33)31-25-10-6-7-11-28(25)38-20-21-12-14-22(30)15-13-21/h3-18H,19-20H2,1-2H3,(H,31,33). The number of halogens is 1. The van der Waals surface area contributed by atoms with Crippen LogP contribution in [0.4, 0.5) is 11.4 Å². The molecule has 0 radical (unpaired) electrons. The van der Waals surface area contributed by atoms with E-state index in [1.54, 1.807) is 48.2 Å². The maximum atomic E-state index is 13.8. The Bertz CT molecular complexity index is 1530. The van der Waals surface area contributed by atoms with Crippen LogP contribution in [0, 0.1) is 0 Å². The lowest BCUT2D eigenvalue weighted by Crippen LogP contribution is -2.38. The summed E-state index contributed by atoms with van der Waals surface area (Å²) in [5, 5.41) is 3.55. The molecule has 4 rings (SSSR count). The first kappa shape index (κ1) is 28.4. The number of nitrogens with zero attached hydrogens (tertiary/aromatic N) is 1. The van der Waals surface area contributed by atoms with Gasteiger partial charge < -0.3 is 14.8 Å². The first-order valence-corrected chi connectivity index (χ1v) is 14.7. The molecule has 0 aliphatic rings. The van der Waals surface area contributed by atoms with Crippen LogP contribution in [0.1, 0.15) is 5.56 Å². The number of carbonyl (C=O) groups is 1. The van der Waals surface area contributed by atoms with Crippen LogP contribution in [0.25, 0.3) is 0 Å². The molecule has 10 heteroatoms. The molecule has 39 heavy (non-hydrogen) atoms. The van der Waals surface area contributed by atoms with Gasteiger partial charge in [0.25, 0.3) is 10.0 Å². The van der Waals surface area contributed by atoms with Gasteiger partial charge in [-0.05, 0) is 54.1 Å². The van der Waals surface area contributed by atoms with E-state index in [4.69, 9.17) is 21.1 Å². The van der Waals surface area contributed by atoms with Gasteiger partial charge in [0.15, 0.2) is 0 Å². The van der Waals surface area contributed by atoms with Gasteiger partial charge in [-0.25, -0.2) is 8.42 Å². The van der Waals surface area contributed by atoms with E-state index in [1.807, 2.05) is 42.5 Å². The lowest BCUT2D eigenvalue weighted by Gasteiger charge is -2.26. The summed E-state index contributed by atoms with van der Waals surface area (Å²) in [6.07, 6.45) is 0. The van der Waals surface area contributed by atoms with Crippen molar-refractivity contribution in [3.05, 3.63) is 108 Å². The molecule has 0 saturated carbocycles. The second kappa shape index (κ2) is 12.9. The van der Waals surface area contributed by atoms with Crippen LogP contribution in [0.5, 0.6) is 11.5 Å². The van der Waals surface area contributed by atoms with Crippen LogP contribution in [0.2, 0.25) is 5.02 Å². The van der Waals surface area contributed by atoms with Gasteiger partial charge in [-0.1, -0.05) is 54.1 Å². The number of benzene rings is 4. The van der Waals surface area contributed by atoms with Crippen molar-refractivity contribution in [3.8, 4) is 11.5 Å². The van der Waals surface area contributed by atoms with Crippen LogP contribution in [-0.4, -0.2) is 35.1 Å². The number of para-hydroxylation sites is 1. The summed E-state index contributed by atoms with van der Waals surface area (Å²) in [5.41, 5.74) is 1.84. The first-order chi connectivity index (χ1) is 18.8. The predicted octanol–water partition coefficient (Wildman–Crippen LogP) is 6.48. The second-order valence-electron chi connectivity index (χ2n) is 8.32. The molecule has 0 fully saturated rings. The number of hydrogen-bond acceptors (Lipinski definition) is 6. The van der Waals surface area contributed by atoms with Gasteiger partial charge in [0.2, 0.25) is 5.91 Å². The number of ether oxygens (including phenoxy) is 2. The molecule has 202 valence electrons. The molecule has 0 aliphatic carbocycles. The van der Waals surface area contributed by atoms with Crippen molar-refractivity contribution in [2.75, 3.05) is 30.4 Å². The number of carbonyl (C=O) groups excluding carboxylic acids is 1. The summed E-state index contributed by atoms with van der Waals surface area (Å²) in [7, 11) is -1.22. The fourth-order valence-corrected chi connectivity index (χ4v) is 6.30. The number of thioether (sulfide) groups is 1. The molecule has 0 aliphatic heterocycles. The third-order valence-electron chi connectivity index (χ3n) is 5.74. The van der Waals surface area contributed by atoms with Gasteiger partial charge >= 0.3 is 0 Å². The fourth-order valence-electron chi connectivity index (χ4n) is 3.77. The highest BCUT2D eigenvalue weighted by atomic mass is 35.5. The predicted molar refractivity (Wildman–Crippen MR) is 157 cm³/mol. The van der Waals surface area contributed by atoms with Gasteiger partial charge in [-0.15, -0.1) is 11.8 Å². The SMILES string of the molecule is COc1ccc(OC)c(N(CC(=O)Nc2ccccc2SCc2ccc(Cl)cc2)S(=O)(=O)c2ccccc2)c1. The van der Waals surface area contributed by atoms with E-state index in [9.17, 15) is 13.2 Å². The first-order valence-electron chi connectivity index (χ1n) is 11.9. The topological polar surface area (TPSA) is 84.9 Å². The summed E-state index contributed by atoms with van der Waals surface area (Å²) >= 11 is 7.54. The number of anilines is 2. The summed E-state index contributed by atoms with van der Waals surface area (Å²) in [5.74, 6) is 0.851. The molecule has 0 atom stereocenters. The van der Waals surface area contributed by atoms with E-state index >= 15 is 0 Å². The summed E-state index contributed by atoms with van der Waals surface area (Å²) in [6.45, 7) is -0.489. The molecule has 4 aromatic rings. The minimum Gasteiger partial charge on any atom is -0.497 e. The number of methoxy groups -OCH3 is 2. The average molecular weight is 583 g/mol. The van der Waals surface area contributed by atoms with Crippen molar-refractivity contribution < 1.29 is 22.7 Å². The smallest absolute Gasteiger partial charge is 0.264 e. The Morgan fingerprint density at radius 1 is 0.897 bits per heavy atom. The van der Waals surface area contributed by atoms with Crippen molar-refractivity contribution in [2.45, 2.75) is 15.5 Å². The van der Waals surface area contributed by atoms with Crippen molar-refractivity contribution >= 4 is 50.7 Å². The monoisotopic (exact) mass is 582 g/mol. The minimum absolute atomic E-state index is 0.0431. The largest absolute Gasteiger partial charge is 0.497 e. The number of nitrogens with one attached hydrogen (secondary N) is 1. The minimum atomic E-state index is -4.14. The van der Waals surface area contributed by atoms with Gasteiger partial charge in [-0.2, -0.15) is 0 Å². The lowest BCUT2D eigenvalue weighted by molar-refractivity contribution is -0.114. The van der Waals surface area contributed by atoms with E-state index in [1.165, 1.54) is 32.4 Å². The fraction of sp³-hybridized carbons (Fsp3) is 0.138. The number of hydrogen-bond donors (Lipinski definition) is 1. The van der Waals surface area contributed by atoms with Crippen LogP contribution in [-0.2, 0) is 20.6 Å². The van der Waals surface area contributed by atoms with E-state index in [0.29, 0.717) is 22.2 Å². The van der Waals surface area contributed by atoms with E-state index in [0.717, 1.165) is 14.8 Å². The second-order valence-corrected chi connectivity index (χ2v) is 11.6. The molecule has 0 saturated heterocycles. The van der Waals surface area contributed by atoms with Crippen molar-refractivity contribution in [2.24, 2.45) is 0 Å². The molecular formula is C29H27ClN2O5S2. The maximum Gasteiger partial charge on any atom is 0.264 e. The number of amides is 1. The van der Waals surface area contributed by atoms with Crippen LogP contribution in [0.15, 0.2) is 107 Å². The molecule has 7 nitrogen and oxygen atoms in total. The van der Waals surface area contributed by atoms with Gasteiger partial charge in [-0.3, -0.25) is 9.10 Å². The Labute approximate surface area is 237 Å². The van der Waals surface area contributed by atoms with Crippen molar-refractivity contribution in [3.63, 3.8) is 0 Å². The van der Waals surface area contributed by atoms with Gasteiger partial charge in [0.1, 0.15) is 18.0 Å². The molecule has 1 amide bonds. The highest BCUT2D eigenvalue weighted by Crippen LogP contribution is 2.36. The summed E-state index contributed by atoms with van der Waals surface area (Å²) in [4.78, 5) is 14.3. The Kier molecular flexibility index (Phi) is 9.40. The van der Waals surface area contributed by atoms with Crippen molar-refractivity contribution in [1.29, 1.82) is 0 Å². The number of rotatable bonds is 11. The van der Waals surface area contributed by atoms with Gasteiger partial charge in [0.05, 0.1) is 30.5 Å². The molecule has 1 N–H and O–H groups in total. The molecule has 0 aromatic heterocycles. The zero-order valence-corrected chi connectivity index (χ0v) is 23.7. The third kappa shape index (κ3) is 7.06. The zero-order chi connectivity index (χ0) is 27.8. The lowest BCUT2D eigenvalue weighted by atomic mass is 10.2. The Morgan fingerprint density at radius 3 is 2.28 bits per heavy atom. The van der Waals surface area contributed by atoms with Crippen LogP contribution in [0.3, 0.4) is 0 Å². The van der Waals surface area contributed by atoms with Crippen molar-refractivity contribution in [1.82, 2.24) is 0 Å². The third-order valence-corrected chi connectivity index (χ3v) is 8.91. The van der Waals surface area contributed by atoms with Crippen LogP contribution < -0.4 is 19.1 Å². The quantitative estimate of drug-likeness (QED) is 0.204. The molecular weight excluding hydrogens is 556 g/mol. The molecule has 0 unspecified atom stereocenters. The molecule has 0 bridgehead atoms. The van der Waals surface area contributed by atoms with E-state index in [2.05, 4.69) is 5.32 Å². The highest BCUT2D eigenvalue weighted by molar-refractivity contribution is 7.98. The highest BCUT2D eigenvalue weighted by Gasteiger charge is 2.30. The van der Waals surface area contributed by atoms with E-state index in [-0.39, 0.29) is 16.3 Å². The Morgan fingerprint density at radius 2 is 1.59 bits per heavy atom. The molecule has 0 heterocycles. The summed E-state index contributed by atoms with van der Waals surface area (Å²) in [6, 6.07) is 27.7. The van der Waals surface area contributed by atoms with Gasteiger partial charge in [0, 0.05) is 21.7 Å². The van der Waals surface area contributed by atoms with Crippen LogP contribution >= 0.6 is 23.4 Å². The van der Waals surface area contributed by atoms with E-state index < -0.39 is 22.5 Å². The zero-order valence-electron chi connectivity index (χ0n) is 21.3. The number of sulfonamides is 1. The average Bonchev–Trinajstić information content (AvgIpc) is 2.96. The maximum absolute atomic E-state index is 13.8.